The molecule has 2 heteroatoms. The van der Waals surface area contributed by atoms with Gasteiger partial charge in [-0.05, 0) is 48.3 Å². The average Bonchev–Trinajstić information content (AvgIpc) is 2.26. The Morgan fingerprint density at radius 3 is 2.61 bits per heavy atom. The summed E-state index contributed by atoms with van der Waals surface area (Å²) < 4.78 is 5.26. The third kappa shape index (κ3) is 2.69. The van der Waals surface area contributed by atoms with Crippen molar-refractivity contribution >= 4 is 0 Å². The number of benzene rings is 1. The first-order chi connectivity index (χ1) is 8.35. The van der Waals surface area contributed by atoms with Gasteiger partial charge in [0.25, 0.3) is 0 Å². The van der Waals surface area contributed by atoms with E-state index in [0.717, 1.165) is 24.2 Å². The summed E-state index contributed by atoms with van der Waals surface area (Å²) in [4.78, 5) is 0. The average molecular weight is 248 g/mol. The van der Waals surface area contributed by atoms with Gasteiger partial charge in [0, 0.05) is 0 Å². The molecule has 1 aromatic carbocycles. The molecule has 0 spiro atoms. The third-order valence-electron chi connectivity index (χ3n) is 3.97. The first-order valence-corrected chi connectivity index (χ1v) is 6.72. The summed E-state index contributed by atoms with van der Waals surface area (Å²) in [5.74, 6) is 1.36. The first kappa shape index (κ1) is 13.4. The van der Waals surface area contributed by atoms with Crippen LogP contribution in [0, 0.1) is 11.3 Å². The Morgan fingerprint density at radius 2 is 2.00 bits per heavy atom. The van der Waals surface area contributed by atoms with Crippen LogP contribution in [0.15, 0.2) is 24.3 Å². The molecule has 1 aromatic rings. The van der Waals surface area contributed by atoms with E-state index in [4.69, 9.17) is 4.74 Å². The fraction of sp³-hybridized carbons (Fsp3) is 0.625. The molecule has 0 saturated heterocycles. The summed E-state index contributed by atoms with van der Waals surface area (Å²) in [6.07, 6.45) is 2.83. The van der Waals surface area contributed by atoms with Crippen LogP contribution in [-0.4, -0.2) is 12.2 Å². The smallest absolute Gasteiger partial charge is 0.119 e. The largest absolute Gasteiger partial charge is 0.497 e. The van der Waals surface area contributed by atoms with E-state index in [1.165, 1.54) is 6.42 Å². The predicted molar refractivity (Wildman–Crippen MR) is 73.7 cm³/mol. The Balaban J connectivity index is 2.34. The lowest BCUT2D eigenvalue weighted by Gasteiger charge is -2.45. The molecule has 1 fully saturated rings. The van der Waals surface area contributed by atoms with Crippen LogP contribution in [0.25, 0.3) is 0 Å². The summed E-state index contributed by atoms with van der Waals surface area (Å²) in [6, 6.07) is 7.85. The topological polar surface area (TPSA) is 29.5 Å². The van der Waals surface area contributed by atoms with Gasteiger partial charge in [0.15, 0.2) is 0 Å². The van der Waals surface area contributed by atoms with Crippen LogP contribution in [0.2, 0.25) is 0 Å². The summed E-state index contributed by atoms with van der Waals surface area (Å²) in [5.41, 5.74) is 0.465. The van der Waals surface area contributed by atoms with E-state index >= 15 is 0 Å². The molecule has 2 unspecified atom stereocenters. The number of hydrogen-bond acceptors (Lipinski definition) is 2. The van der Waals surface area contributed by atoms with Gasteiger partial charge in [-0.25, -0.2) is 0 Å². The highest BCUT2D eigenvalue weighted by atomic mass is 16.5. The van der Waals surface area contributed by atoms with Crippen molar-refractivity contribution in [3.63, 3.8) is 0 Å². The number of hydrogen-bond donors (Lipinski definition) is 1. The molecule has 0 radical (unpaired) electrons. The number of ether oxygens (including phenoxy) is 1. The summed E-state index contributed by atoms with van der Waals surface area (Å²) in [7, 11) is 1.66. The minimum Gasteiger partial charge on any atom is -0.497 e. The van der Waals surface area contributed by atoms with E-state index in [1.54, 1.807) is 7.11 Å². The molecule has 1 aliphatic carbocycles. The second-order valence-corrected chi connectivity index (χ2v) is 6.62. The van der Waals surface area contributed by atoms with Gasteiger partial charge < -0.3 is 9.84 Å². The molecule has 100 valence electrons. The van der Waals surface area contributed by atoms with Gasteiger partial charge in [0.1, 0.15) is 5.75 Å². The Bertz CT molecular complexity index is 425. The maximum absolute atomic E-state index is 11.0. The Morgan fingerprint density at radius 1 is 1.28 bits per heavy atom. The molecule has 0 heterocycles. The van der Waals surface area contributed by atoms with E-state index in [2.05, 4.69) is 20.8 Å². The monoisotopic (exact) mass is 248 g/mol. The quantitative estimate of drug-likeness (QED) is 0.864. The van der Waals surface area contributed by atoms with Crippen molar-refractivity contribution < 1.29 is 9.84 Å². The summed E-state index contributed by atoms with van der Waals surface area (Å²) in [6.45, 7) is 6.72. The van der Waals surface area contributed by atoms with Crippen molar-refractivity contribution in [3.8, 4) is 5.75 Å². The number of aliphatic hydroxyl groups is 1. The van der Waals surface area contributed by atoms with Crippen molar-refractivity contribution in [1.29, 1.82) is 0 Å². The van der Waals surface area contributed by atoms with Crippen LogP contribution in [0.4, 0.5) is 0 Å². The maximum Gasteiger partial charge on any atom is 0.119 e. The van der Waals surface area contributed by atoms with Crippen molar-refractivity contribution in [2.45, 2.75) is 45.6 Å². The Kier molecular flexibility index (Phi) is 3.41. The molecule has 2 nitrogen and oxygen atoms in total. The molecule has 1 N–H and O–H groups in total. The molecule has 1 aliphatic rings. The number of rotatable bonds is 2. The van der Waals surface area contributed by atoms with Crippen molar-refractivity contribution in [2.75, 3.05) is 7.11 Å². The van der Waals surface area contributed by atoms with Crippen LogP contribution >= 0.6 is 0 Å². The van der Waals surface area contributed by atoms with Crippen LogP contribution in [0.3, 0.4) is 0 Å². The highest BCUT2D eigenvalue weighted by Crippen LogP contribution is 2.48. The molecule has 0 amide bonds. The molecule has 1 saturated carbocycles. The van der Waals surface area contributed by atoms with E-state index in [9.17, 15) is 5.11 Å². The van der Waals surface area contributed by atoms with Gasteiger partial charge >= 0.3 is 0 Å². The molecule has 0 aliphatic heterocycles. The van der Waals surface area contributed by atoms with Gasteiger partial charge in [0.05, 0.1) is 12.7 Å². The minimum absolute atomic E-state index is 0.190. The Labute approximate surface area is 110 Å². The normalized spacial score (nSPS) is 31.1. The molecule has 0 bridgehead atoms. The van der Waals surface area contributed by atoms with Crippen LogP contribution in [0.1, 0.15) is 45.6 Å². The highest BCUT2D eigenvalue weighted by molar-refractivity contribution is 5.33. The number of methoxy groups -OCH3 is 1. The standard InChI is InChI=1S/C16H24O2/c1-12-9-15(2,3)11-16(17,10-12)13-6-5-7-14(8-13)18-4/h5-8,12,17H,9-11H2,1-4H3. The van der Waals surface area contributed by atoms with Gasteiger partial charge in [-0.15, -0.1) is 0 Å². The van der Waals surface area contributed by atoms with E-state index in [1.807, 2.05) is 24.3 Å². The molecular formula is C16H24O2. The first-order valence-electron chi connectivity index (χ1n) is 6.72. The predicted octanol–water partition coefficient (Wildman–Crippen LogP) is 3.73. The van der Waals surface area contributed by atoms with E-state index in [0.29, 0.717) is 5.92 Å². The zero-order chi connectivity index (χ0) is 13.4. The van der Waals surface area contributed by atoms with Gasteiger partial charge in [-0.3, -0.25) is 0 Å². The minimum atomic E-state index is -0.713. The fourth-order valence-corrected chi connectivity index (χ4v) is 3.66. The van der Waals surface area contributed by atoms with Crippen LogP contribution in [-0.2, 0) is 5.60 Å². The fourth-order valence-electron chi connectivity index (χ4n) is 3.66. The third-order valence-corrected chi connectivity index (χ3v) is 3.97. The molecule has 18 heavy (non-hydrogen) atoms. The van der Waals surface area contributed by atoms with Crippen LogP contribution < -0.4 is 4.74 Å². The van der Waals surface area contributed by atoms with Crippen LogP contribution in [0.5, 0.6) is 5.75 Å². The molecule has 2 atom stereocenters. The SMILES string of the molecule is COc1cccc(C2(O)CC(C)CC(C)(C)C2)c1. The molecule has 2 rings (SSSR count). The zero-order valence-electron chi connectivity index (χ0n) is 11.9. The lowest BCUT2D eigenvalue weighted by atomic mass is 9.64. The lowest BCUT2D eigenvalue weighted by molar-refractivity contribution is -0.0636. The highest BCUT2D eigenvalue weighted by Gasteiger charge is 2.42. The lowest BCUT2D eigenvalue weighted by Crippen LogP contribution is -2.39. The second kappa shape index (κ2) is 4.58. The Hall–Kier alpha value is -1.02. The van der Waals surface area contributed by atoms with Crippen molar-refractivity contribution in [2.24, 2.45) is 11.3 Å². The maximum atomic E-state index is 11.0. The second-order valence-electron chi connectivity index (χ2n) is 6.62. The van der Waals surface area contributed by atoms with E-state index in [-0.39, 0.29) is 5.41 Å². The van der Waals surface area contributed by atoms with Crippen molar-refractivity contribution in [1.82, 2.24) is 0 Å². The van der Waals surface area contributed by atoms with Gasteiger partial charge in [0.2, 0.25) is 0 Å². The van der Waals surface area contributed by atoms with E-state index < -0.39 is 5.60 Å². The van der Waals surface area contributed by atoms with Gasteiger partial charge in [-0.1, -0.05) is 32.9 Å². The van der Waals surface area contributed by atoms with Gasteiger partial charge in [-0.2, -0.15) is 0 Å². The summed E-state index contributed by atoms with van der Waals surface area (Å²) in [5, 5.41) is 11.0. The summed E-state index contributed by atoms with van der Waals surface area (Å²) >= 11 is 0. The zero-order valence-corrected chi connectivity index (χ0v) is 11.9. The molecule has 0 aromatic heterocycles. The van der Waals surface area contributed by atoms with Crippen molar-refractivity contribution in [3.05, 3.63) is 29.8 Å². The molecular weight excluding hydrogens is 224 g/mol.